The number of furan rings is 1. The van der Waals surface area contributed by atoms with E-state index in [0.717, 1.165) is 12.8 Å². The molecular weight excluding hydrogens is 427 g/mol. The second-order valence-electron chi connectivity index (χ2n) is 9.33. The number of halogens is 1. The van der Waals surface area contributed by atoms with E-state index < -0.39 is 5.67 Å². The Kier molecular flexibility index (Phi) is 5.43. The number of nitrogens with zero attached hydrogens (tertiary/aromatic N) is 7. The molecule has 2 aliphatic heterocycles. The van der Waals surface area contributed by atoms with Crippen molar-refractivity contribution in [3.05, 3.63) is 24.5 Å². The maximum atomic E-state index is 14.0. The molecule has 0 bridgehead atoms. The molecule has 3 aromatic heterocycles. The molecule has 1 atom stereocenters. The summed E-state index contributed by atoms with van der Waals surface area (Å²) >= 11 is 0. The minimum atomic E-state index is -1.24. The van der Waals surface area contributed by atoms with Crippen molar-refractivity contribution in [2.45, 2.75) is 38.4 Å². The molecule has 0 saturated carbocycles. The van der Waals surface area contributed by atoms with Gasteiger partial charge in [-0.3, -0.25) is 9.69 Å². The number of carbonyl (C=O) groups excluding carboxylic acids is 1. The SMILES string of the molecule is CC(C)(F)CN1CCN(C(=O)[C@@H]2CCCN2c2cc3nc(-c4ccco4)nn3c(N)n2)CC1. The summed E-state index contributed by atoms with van der Waals surface area (Å²) in [6.07, 6.45) is 3.21. The molecular formula is C22H29FN8O2. The third-order valence-corrected chi connectivity index (χ3v) is 6.19. The minimum Gasteiger partial charge on any atom is -0.461 e. The third-order valence-electron chi connectivity index (χ3n) is 6.19. The van der Waals surface area contributed by atoms with Crippen LogP contribution in [0.3, 0.4) is 0 Å². The summed E-state index contributed by atoms with van der Waals surface area (Å²) in [5, 5.41) is 4.38. The first kappa shape index (κ1) is 21.6. The van der Waals surface area contributed by atoms with Crippen molar-refractivity contribution >= 4 is 23.3 Å². The fourth-order valence-electron chi connectivity index (χ4n) is 4.72. The van der Waals surface area contributed by atoms with Gasteiger partial charge in [-0.2, -0.15) is 9.50 Å². The summed E-state index contributed by atoms with van der Waals surface area (Å²) in [5.41, 5.74) is 5.49. The largest absolute Gasteiger partial charge is 0.461 e. The normalized spacial score (nSPS) is 20.2. The van der Waals surface area contributed by atoms with Crippen LogP contribution < -0.4 is 10.6 Å². The molecule has 5 rings (SSSR count). The number of rotatable bonds is 5. The number of piperazine rings is 1. The highest BCUT2D eigenvalue weighted by atomic mass is 19.1. The van der Waals surface area contributed by atoms with Crippen molar-refractivity contribution in [1.82, 2.24) is 29.4 Å². The molecule has 176 valence electrons. The van der Waals surface area contributed by atoms with Crippen LogP contribution in [0, 0.1) is 0 Å². The first-order chi connectivity index (χ1) is 15.8. The summed E-state index contributed by atoms with van der Waals surface area (Å²) in [6.45, 7) is 6.83. The van der Waals surface area contributed by atoms with E-state index >= 15 is 0 Å². The van der Waals surface area contributed by atoms with Gasteiger partial charge in [0, 0.05) is 45.3 Å². The zero-order chi connectivity index (χ0) is 23.2. The van der Waals surface area contributed by atoms with Gasteiger partial charge in [0.1, 0.15) is 17.5 Å². The highest BCUT2D eigenvalue weighted by molar-refractivity contribution is 5.86. The van der Waals surface area contributed by atoms with Crippen molar-refractivity contribution in [2.75, 3.05) is 49.9 Å². The van der Waals surface area contributed by atoms with Gasteiger partial charge in [-0.05, 0) is 38.8 Å². The Morgan fingerprint density at radius 1 is 1.24 bits per heavy atom. The van der Waals surface area contributed by atoms with E-state index in [4.69, 9.17) is 10.2 Å². The van der Waals surface area contributed by atoms with Crippen LogP contribution in [0.4, 0.5) is 16.2 Å². The van der Waals surface area contributed by atoms with Crippen molar-refractivity contribution in [1.29, 1.82) is 0 Å². The summed E-state index contributed by atoms with van der Waals surface area (Å²) in [5.74, 6) is 1.88. The lowest BCUT2D eigenvalue weighted by Crippen LogP contribution is -2.55. The number of alkyl halides is 1. The van der Waals surface area contributed by atoms with Gasteiger partial charge in [-0.25, -0.2) is 9.37 Å². The average Bonchev–Trinajstić information content (AvgIpc) is 3.52. The standard InChI is InChI=1S/C22H29FN8O2/c1-22(2,23)14-28-8-10-29(11-9-28)20(32)15-5-3-7-30(15)17-13-18-25-19(16-6-4-12-33-16)27-31(18)21(24)26-17/h4,6,12-13,15H,3,5,7-11,14H2,1-2H3,(H2,24,26)/t15-/m0/s1. The van der Waals surface area contributed by atoms with Crippen molar-refractivity contribution in [3.63, 3.8) is 0 Å². The number of nitrogen functional groups attached to an aromatic ring is 1. The second kappa shape index (κ2) is 8.29. The van der Waals surface area contributed by atoms with Gasteiger partial charge in [-0.15, -0.1) is 5.10 Å². The Balaban J connectivity index is 1.33. The van der Waals surface area contributed by atoms with E-state index in [0.29, 0.717) is 62.3 Å². The van der Waals surface area contributed by atoms with Crippen LogP contribution in [-0.4, -0.2) is 86.3 Å². The van der Waals surface area contributed by atoms with Gasteiger partial charge in [0.05, 0.1) is 6.26 Å². The first-order valence-corrected chi connectivity index (χ1v) is 11.3. The lowest BCUT2D eigenvalue weighted by Gasteiger charge is -2.38. The second-order valence-corrected chi connectivity index (χ2v) is 9.33. The topological polar surface area (TPSA) is 109 Å². The van der Waals surface area contributed by atoms with Crippen LogP contribution >= 0.6 is 0 Å². The van der Waals surface area contributed by atoms with E-state index in [1.807, 2.05) is 15.9 Å². The smallest absolute Gasteiger partial charge is 0.245 e. The monoisotopic (exact) mass is 456 g/mol. The van der Waals surface area contributed by atoms with Crippen LogP contribution in [0.5, 0.6) is 0 Å². The van der Waals surface area contributed by atoms with Gasteiger partial charge in [0.2, 0.25) is 17.7 Å². The van der Waals surface area contributed by atoms with Crippen LogP contribution in [0.2, 0.25) is 0 Å². The molecule has 0 radical (unpaired) electrons. The molecule has 0 unspecified atom stereocenters. The fourth-order valence-corrected chi connectivity index (χ4v) is 4.72. The number of hydrogen-bond acceptors (Lipinski definition) is 8. The molecule has 11 heteroatoms. The zero-order valence-electron chi connectivity index (χ0n) is 18.9. The van der Waals surface area contributed by atoms with Crippen molar-refractivity contribution in [3.8, 4) is 11.6 Å². The molecule has 0 spiro atoms. The first-order valence-electron chi connectivity index (χ1n) is 11.3. The number of aromatic nitrogens is 4. The molecule has 5 heterocycles. The maximum absolute atomic E-state index is 14.0. The number of hydrogen-bond donors (Lipinski definition) is 1. The Morgan fingerprint density at radius 2 is 2.03 bits per heavy atom. The molecule has 10 nitrogen and oxygen atoms in total. The number of nitrogens with two attached hydrogens (primary N) is 1. The molecule has 33 heavy (non-hydrogen) atoms. The lowest BCUT2D eigenvalue weighted by molar-refractivity contribution is -0.134. The predicted molar refractivity (Wildman–Crippen MR) is 121 cm³/mol. The van der Waals surface area contributed by atoms with E-state index in [9.17, 15) is 9.18 Å². The van der Waals surface area contributed by atoms with Crippen LogP contribution in [0.1, 0.15) is 26.7 Å². The van der Waals surface area contributed by atoms with E-state index in [2.05, 4.69) is 20.0 Å². The van der Waals surface area contributed by atoms with E-state index in [-0.39, 0.29) is 17.9 Å². The van der Waals surface area contributed by atoms with Crippen LogP contribution in [-0.2, 0) is 4.79 Å². The number of amides is 1. The summed E-state index contributed by atoms with van der Waals surface area (Å²) in [6, 6.07) is 5.06. The molecule has 2 N–H and O–H groups in total. The highest BCUT2D eigenvalue weighted by Crippen LogP contribution is 2.28. The average molecular weight is 457 g/mol. The number of anilines is 2. The minimum absolute atomic E-state index is 0.0876. The number of fused-ring (bicyclic) bond motifs is 1. The molecule has 2 saturated heterocycles. The van der Waals surface area contributed by atoms with Gasteiger partial charge in [0.15, 0.2) is 11.4 Å². The maximum Gasteiger partial charge on any atom is 0.245 e. The van der Waals surface area contributed by atoms with Crippen molar-refractivity contribution < 1.29 is 13.6 Å². The molecule has 0 aliphatic carbocycles. The van der Waals surface area contributed by atoms with E-state index in [1.54, 1.807) is 32.2 Å². The van der Waals surface area contributed by atoms with Crippen molar-refractivity contribution in [2.24, 2.45) is 0 Å². The lowest BCUT2D eigenvalue weighted by atomic mass is 10.1. The molecule has 2 aliphatic rings. The summed E-state index contributed by atoms with van der Waals surface area (Å²) in [7, 11) is 0. The molecule has 2 fully saturated rings. The summed E-state index contributed by atoms with van der Waals surface area (Å²) < 4.78 is 20.8. The third kappa shape index (κ3) is 4.37. The highest BCUT2D eigenvalue weighted by Gasteiger charge is 2.36. The Morgan fingerprint density at radius 3 is 2.73 bits per heavy atom. The number of carbonyl (C=O) groups is 1. The van der Waals surface area contributed by atoms with Crippen LogP contribution in [0.15, 0.2) is 28.9 Å². The molecule has 0 aromatic carbocycles. The zero-order valence-corrected chi connectivity index (χ0v) is 18.9. The predicted octanol–water partition coefficient (Wildman–Crippen LogP) is 1.83. The quantitative estimate of drug-likeness (QED) is 0.619. The van der Waals surface area contributed by atoms with E-state index in [1.165, 1.54) is 4.52 Å². The van der Waals surface area contributed by atoms with Gasteiger partial charge < -0.3 is 20.0 Å². The van der Waals surface area contributed by atoms with Gasteiger partial charge >= 0.3 is 0 Å². The Hall–Kier alpha value is -3.21. The Labute approximate surface area is 191 Å². The van der Waals surface area contributed by atoms with Crippen LogP contribution in [0.25, 0.3) is 17.2 Å². The van der Waals surface area contributed by atoms with Gasteiger partial charge in [0.25, 0.3) is 0 Å². The summed E-state index contributed by atoms with van der Waals surface area (Å²) in [4.78, 5) is 28.4. The fraction of sp³-hybridized carbons (Fsp3) is 0.545. The van der Waals surface area contributed by atoms with Gasteiger partial charge in [-0.1, -0.05) is 0 Å². The Bertz CT molecular complexity index is 1130. The molecule has 3 aromatic rings. The molecule has 1 amide bonds.